The van der Waals surface area contributed by atoms with E-state index >= 15 is 0 Å². The number of fused-ring (bicyclic) bond motifs is 1. The van der Waals surface area contributed by atoms with Gasteiger partial charge in [0.2, 0.25) is 0 Å². The number of nitrogens with one attached hydrogen (secondary N) is 1. The zero-order chi connectivity index (χ0) is 20.8. The first-order valence-electron chi connectivity index (χ1n) is 9.97. The lowest BCUT2D eigenvalue weighted by Gasteiger charge is -2.33. The van der Waals surface area contributed by atoms with Gasteiger partial charge in [0.25, 0.3) is 5.91 Å². The molecule has 3 aromatic rings. The van der Waals surface area contributed by atoms with E-state index in [-0.39, 0.29) is 18.6 Å². The maximum Gasteiger partial charge on any atom is 0.336 e. The SMILES string of the molecule is O=C(COc1ccc2ccc(=O)oc2c1)NCC1CN(Cc2ccccc2)CCO1. The number of hydrogen-bond donors (Lipinski definition) is 1. The van der Waals surface area contributed by atoms with E-state index < -0.39 is 5.63 Å². The minimum atomic E-state index is -0.425. The van der Waals surface area contributed by atoms with Crippen molar-refractivity contribution in [2.45, 2.75) is 12.6 Å². The number of carbonyl (C=O) groups is 1. The van der Waals surface area contributed by atoms with Gasteiger partial charge in [-0.15, -0.1) is 0 Å². The van der Waals surface area contributed by atoms with E-state index in [1.165, 1.54) is 11.6 Å². The smallest absolute Gasteiger partial charge is 0.336 e. The van der Waals surface area contributed by atoms with E-state index in [2.05, 4.69) is 22.3 Å². The Morgan fingerprint density at radius 3 is 2.83 bits per heavy atom. The van der Waals surface area contributed by atoms with Crippen molar-refractivity contribution in [2.75, 3.05) is 32.8 Å². The molecule has 0 saturated carbocycles. The quantitative estimate of drug-likeness (QED) is 0.604. The Balaban J connectivity index is 1.23. The van der Waals surface area contributed by atoms with Crippen LogP contribution in [0.2, 0.25) is 0 Å². The second-order valence-corrected chi connectivity index (χ2v) is 7.26. The van der Waals surface area contributed by atoms with Crippen LogP contribution in [0.15, 0.2) is 69.9 Å². The fourth-order valence-corrected chi connectivity index (χ4v) is 3.45. The largest absolute Gasteiger partial charge is 0.484 e. The zero-order valence-corrected chi connectivity index (χ0v) is 16.6. The minimum absolute atomic E-state index is 0.0543. The predicted octanol–water partition coefficient (Wildman–Crippen LogP) is 2.19. The first kappa shape index (κ1) is 20.1. The lowest BCUT2D eigenvalue weighted by atomic mass is 10.2. The van der Waals surface area contributed by atoms with Crippen LogP contribution in [-0.2, 0) is 16.1 Å². The molecular formula is C23H24N2O5. The van der Waals surface area contributed by atoms with Gasteiger partial charge in [-0.2, -0.15) is 0 Å². The molecule has 1 saturated heterocycles. The number of hydrogen-bond acceptors (Lipinski definition) is 6. The van der Waals surface area contributed by atoms with Crippen molar-refractivity contribution < 1.29 is 18.7 Å². The molecule has 2 heterocycles. The van der Waals surface area contributed by atoms with Crippen LogP contribution >= 0.6 is 0 Å². The summed E-state index contributed by atoms with van der Waals surface area (Å²) in [4.78, 5) is 25.8. The third kappa shape index (κ3) is 5.46. The fourth-order valence-electron chi connectivity index (χ4n) is 3.45. The summed E-state index contributed by atoms with van der Waals surface area (Å²) in [6, 6.07) is 18.5. The molecule has 2 aromatic carbocycles. The minimum Gasteiger partial charge on any atom is -0.484 e. The first-order valence-corrected chi connectivity index (χ1v) is 9.97. The number of morpholine rings is 1. The van der Waals surface area contributed by atoms with Crippen molar-refractivity contribution in [3.05, 3.63) is 76.6 Å². The highest BCUT2D eigenvalue weighted by molar-refractivity contribution is 5.79. The van der Waals surface area contributed by atoms with E-state index in [0.29, 0.717) is 24.5 Å². The predicted molar refractivity (Wildman–Crippen MR) is 112 cm³/mol. The van der Waals surface area contributed by atoms with E-state index in [4.69, 9.17) is 13.9 Å². The van der Waals surface area contributed by atoms with Crippen molar-refractivity contribution in [3.63, 3.8) is 0 Å². The molecular weight excluding hydrogens is 384 g/mol. The van der Waals surface area contributed by atoms with Crippen LogP contribution in [0.3, 0.4) is 0 Å². The number of benzene rings is 2. The van der Waals surface area contributed by atoms with Gasteiger partial charge in [0.1, 0.15) is 11.3 Å². The maximum absolute atomic E-state index is 12.2. The van der Waals surface area contributed by atoms with Gasteiger partial charge in [-0.25, -0.2) is 4.79 Å². The summed E-state index contributed by atoms with van der Waals surface area (Å²) in [5.74, 6) is 0.239. The highest BCUT2D eigenvalue weighted by Gasteiger charge is 2.21. The molecule has 4 rings (SSSR count). The number of amides is 1. The van der Waals surface area contributed by atoms with E-state index in [1.54, 1.807) is 24.3 Å². The van der Waals surface area contributed by atoms with Crippen LogP contribution in [0, 0.1) is 0 Å². The van der Waals surface area contributed by atoms with E-state index in [9.17, 15) is 9.59 Å². The van der Waals surface area contributed by atoms with Crippen LogP contribution in [0.25, 0.3) is 11.0 Å². The third-order valence-electron chi connectivity index (χ3n) is 4.96. The second kappa shape index (κ2) is 9.56. The molecule has 1 aromatic heterocycles. The number of rotatable bonds is 7. The molecule has 7 nitrogen and oxygen atoms in total. The summed E-state index contributed by atoms with van der Waals surface area (Å²) in [5.41, 5.74) is 1.27. The van der Waals surface area contributed by atoms with Gasteiger partial charge in [0.05, 0.1) is 12.7 Å². The third-order valence-corrected chi connectivity index (χ3v) is 4.96. The number of ether oxygens (including phenoxy) is 2. The Hall–Kier alpha value is -3.16. The van der Waals surface area contributed by atoms with Gasteiger partial charge in [-0.3, -0.25) is 9.69 Å². The lowest BCUT2D eigenvalue weighted by Crippen LogP contribution is -2.47. The molecule has 156 valence electrons. The summed E-state index contributed by atoms with van der Waals surface area (Å²) < 4.78 is 16.4. The summed E-state index contributed by atoms with van der Waals surface area (Å²) in [6.45, 7) is 3.46. The van der Waals surface area contributed by atoms with E-state index in [0.717, 1.165) is 25.0 Å². The molecule has 0 bridgehead atoms. The maximum atomic E-state index is 12.2. The van der Waals surface area contributed by atoms with Crippen LogP contribution in [0.1, 0.15) is 5.56 Å². The van der Waals surface area contributed by atoms with Crippen LogP contribution in [0.4, 0.5) is 0 Å². The van der Waals surface area contributed by atoms with Crippen molar-refractivity contribution >= 4 is 16.9 Å². The summed E-state index contributed by atoms with van der Waals surface area (Å²) in [7, 11) is 0. The van der Waals surface area contributed by atoms with Gasteiger partial charge in [0, 0.05) is 43.7 Å². The Labute approximate surface area is 174 Å². The molecule has 1 aliphatic rings. The molecule has 1 unspecified atom stereocenters. The van der Waals surface area contributed by atoms with E-state index in [1.807, 2.05) is 18.2 Å². The fraction of sp³-hybridized carbons (Fsp3) is 0.304. The van der Waals surface area contributed by atoms with Gasteiger partial charge in [0.15, 0.2) is 6.61 Å². The molecule has 1 amide bonds. The Bertz CT molecular complexity index is 1050. The lowest BCUT2D eigenvalue weighted by molar-refractivity contribution is -0.124. The summed E-state index contributed by atoms with van der Waals surface area (Å²) >= 11 is 0. The number of carbonyl (C=O) groups excluding carboxylic acids is 1. The first-order chi connectivity index (χ1) is 14.7. The van der Waals surface area contributed by atoms with Crippen molar-refractivity contribution in [1.82, 2.24) is 10.2 Å². The highest BCUT2D eigenvalue weighted by atomic mass is 16.5. The standard InChI is InChI=1S/C23H24N2O5/c26-22(16-29-19-8-6-18-7-9-23(27)30-21(18)12-19)24-13-20-15-25(10-11-28-20)14-17-4-2-1-3-5-17/h1-9,12,20H,10-11,13-16H2,(H,24,26). The molecule has 1 N–H and O–H groups in total. The van der Waals surface area contributed by atoms with Gasteiger partial charge >= 0.3 is 5.63 Å². The molecule has 1 fully saturated rings. The topological polar surface area (TPSA) is 81.0 Å². The van der Waals surface area contributed by atoms with Crippen molar-refractivity contribution in [2.24, 2.45) is 0 Å². The Morgan fingerprint density at radius 1 is 1.13 bits per heavy atom. The number of nitrogens with zero attached hydrogens (tertiary/aromatic N) is 1. The molecule has 7 heteroatoms. The Kier molecular flexibility index (Phi) is 6.41. The molecule has 0 spiro atoms. The molecule has 1 atom stereocenters. The van der Waals surface area contributed by atoms with Crippen LogP contribution in [-0.4, -0.2) is 49.8 Å². The van der Waals surface area contributed by atoms with Crippen LogP contribution < -0.4 is 15.7 Å². The molecule has 30 heavy (non-hydrogen) atoms. The van der Waals surface area contributed by atoms with Gasteiger partial charge < -0.3 is 19.2 Å². The monoisotopic (exact) mass is 408 g/mol. The van der Waals surface area contributed by atoms with Crippen molar-refractivity contribution in [3.8, 4) is 5.75 Å². The second-order valence-electron chi connectivity index (χ2n) is 7.26. The van der Waals surface area contributed by atoms with Crippen LogP contribution in [0.5, 0.6) is 5.75 Å². The zero-order valence-electron chi connectivity index (χ0n) is 16.6. The average Bonchev–Trinajstić information content (AvgIpc) is 2.77. The van der Waals surface area contributed by atoms with Crippen molar-refractivity contribution in [1.29, 1.82) is 0 Å². The summed E-state index contributed by atoms with van der Waals surface area (Å²) in [5, 5.41) is 3.66. The highest BCUT2D eigenvalue weighted by Crippen LogP contribution is 2.19. The average molecular weight is 408 g/mol. The van der Waals surface area contributed by atoms with Gasteiger partial charge in [-0.05, 0) is 23.8 Å². The van der Waals surface area contributed by atoms with Gasteiger partial charge in [-0.1, -0.05) is 30.3 Å². The summed E-state index contributed by atoms with van der Waals surface area (Å²) in [6.07, 6.45) is -0.0543. The Morgan fingerprint density at radius 2 is 1.97 bits per heavy atom. The molecule has 0 radical (unpaired) electrons. The molecule has 0 aliphatic carbocycles. The normalized spacial score (nSPS) is 17.0. The molecule has 1 aliphatic heterocycles.